The monoisotopic (exact) mass is 254 g/mol. The van der Waals surface area contributed by atoms with Crippen molar-refractivity contribution in [3.05, 3.63) is 0 Å². The molecule has 0 unspecified atom stereocenters. The zero-order valence-electron chi connectivity index (χ0n) is 9.44. The zero-order valence-corrected chi connectivity index (χ0v) is 11.4. The smallest absolute Gasteiger partial charge is 0.411 e. The fourth-order valence-electron chi connectivity index (χ4n) is 1.27. The molecule has 15 heavy (non-hydrogen) atoms. The summed E-state index contributed by atoms with van der Waals surface area (Å²) in [6.07, 6.45) is 3.25. The van der Waals surface area contributed by atoms with Crippen molar-refractivity contribution in [2.45, 2.75) is 44.3 Å². The van der Waals surface area contributed by atoms with Crippen molar-refractivity contribution in [3.8, 4) is 0 Å². The van der Waals surface area contributed by atoms with Gasteiger partial charge in [0.25, 0.3) is 0 Å². The minimum atomic E-state index is -3.36. The predicted octanol–water partition coefficient (Wildman–Crippen LogP) is 0.173. The van der Waals surface area contributed by atoms with E-state index >= 15 is 0 Å². The second-order valence-corrected chi connectivity index (χ2v) is 9.41. The summed E-state index contributed by atoms with van der Waals surface area (Å²) in [7, 11) is -4.93. The Hall–Kier alpha value is 0.234. The quantitative estimate of drug-likeness (QED) is 0.366. The van der Waals surface area contributed by atoms with Gasteiger partial charge < -0.3 is 23.6 Å². The summed E-state index contributed by atoms with van der Waals surface area (Å²) in [6.45, 7) is 1.50. The highest BCUT2D eigenvalue weighted by molar-refractivity contribution is 6.63. The third kappa shape index (κ3) is 10.5. The molecule has 0 aliphatic heterocycles. The summed E-state index contributed by atoms with van der Waals surface area (Å²) in [6, 6.07) is 0.800. The molecule has 0 rings (SSSR count). The van der Waals surface area contributed by atoms with Crippen LogP contribution < -0.4 is 0 Å². The van der Waals surface area contributed by atoms with E-state index in [1.165, 1.54) is 13.7 Å². The first kappa shape index (κ1) is 15.2. The van der Waals surface area contributed by atoms with E-state index in [2.05, 4.69) is 4.43 Å². The van der Waals surface area contributed by atoms with E-state index in [4.69, 9.17) is 9.59 Å². The third-order valence-electron chi connectivity index (χ3n) is 2.23. The van der Waals surface area contributed by atoms with Gasteiger partial charge in [0.1, 0.15) is 0 Å². The molecule has 4 N–H and O–H groups in total. The van der Waals surface area contributed by atoms with Crippen molar-refractivity contribution < 1.29 is 23.6 Å². The van der Waals surface area contributed by atoms with Gasteiger partial charge in [0, 0.05) is 13.2 Å². The Labute approximate surface area is 93.0 Å². The Bertz CT molecular complexity index is 169. The molecule has 0 bridgehead atoms. The SMILES string of the molecule is CO[Si](O)(O)CCCCCC[Si](C)(O)O. The standard InChI is InChI=1S/C8H22O5Si2/c1-13-15(11,12)8-6-4-3-5-7-14(2,9)10/h9-12H,3-8H2,1-2H3. The van der Waals surface area contributed by atoms with Crippen molar-refractivity contribution in [2.24, 2.45) is 0 Å². The molecule has 0 aromatic heterocycles. The lowest BCUT2D eigenvalue weighted by atomic mass is 10.2. The molecular weight excluding hydrogens is 232 g/mol. The van der Waals surface area contributed by atoms with Crippen molar-refractivity contribution in [2.75, 3.05) is 7.11 Å². The lowest BCUT2D eigenvalue weighted by Gasteiger charge is -2.14. The van der Waals surface area contributed by atoms with Crippen LogP contribution in [0.25, 0.3) is 0 Å². The fraction of sp³-hybridized carbons (Fsp3) is 1.00. The number of hydrogen-bond donors (Lipinski definition) is 4. The first-order chi connectivity index (χ1) is 6.77. The summed E-state index contributed by atoms with van der Waals surface area (Å²) in [5.41, 5.74) is 0. The van der Waals surface area contributed by atoms with Crippen LogP contribution in [0.15, 0.2) is 0 Å². The van der Waals surface area contributed by atoms with E-state index in [9.17, 15) is 9.59 Å². The van der Waals surface area contributed by atoms with Crippen molar-refractivity contribution in [1.82, 2.24) is 0 Å². The molecule has 0 aromatic carbocycles. The van der Waals surface area contributed by atoms with Crippen LogP contribution in [0, 0.1) is 0 Å². The average Bonchev–Trinajstić information content (AvgIpc) is 2.09. The highest BCUT2D eigenvalue weighted by Crippen LogP contribution is 2.14. The predicted molar refractivity (Wildman–Crippen MR) is 61.3 cm³/mol. The van der Waals surface area contributed by atoms with Gasteiger partial charge in [-0.1, -0.05) is 19.3 Å². The van der Waals surface area contributed by atoms with E-state index in [0.717, 1.165) is 19.3 Å². The molecule has 0 saturated heterocycles. The van der Waals surface area contributed by atoms with Crippen LogP contribution in [0.5, 0.6) is 0 Å². The lowest BCUT2D eigenvalue weighted by molar-refractivity contribution is 0.183. The van der Waals surface area contributed by atoms with Crippen LogP contribution in [0.2, 0.25) is 18.6 Å². The molecule has 0 aliphatic carbocycles. The van der Waals surface area contributed by atoms with Crippen LogP contribution >= 0.6 is 0 Å². The van der Waals surface area contributed by atoms with Gasteiger partial charge in [0.05, 0.1) is 0 Å². The van der Waals surface area contributed by atoms with Crippen LogP contribution in [0.3, 0.4) is 0 Å². The van der Waals surface area contributed by atoms with Gasteiger partial charge >= 0.3 is 17.4 Å². The largest absolute Gasteiger partial charge is 0.495 e. The van der Waals surface area contributed by atoms with Crippen molar-refractivity contribution >= 4 is 17.4 Å². The highest BCUT2D eigenvalue weighted by Gasteiger charge is 2.29. The number of rotatable bonds is 8. The van der Waals surface area contributed by atoms with E-state index in [0.29, 0.717) is 18.5 Å². The number of hydrogen-bond acceptors (Lipinski definition) is 5. The van der Waals surface area contributed by atoms with Crippen molar-refractivity contribution in [3.63, 3.8) is 0 Å². The van der Waals surface area contributed by atoms with Crippen LogP contribution in [0.1, 0.15) is 25.7 Å². The van der Waals surface area contributed by atoms with Gasteiger partial charge in [0.15, 0.2) is 0 Å². The Balaban J connectivity index is 3.33. The molecule has 92 valence electrons. The maximum absolute atomic E-state index is 9.21. The Kier molecular flexibility index (Phi) is 6.84. The van der Waals surface area contributed by atoms with E-state index in [1.807, 2.05) is 0 Å². The van der Waals surface area contributed by atoms with Gasteiger partial charge in [-0.2, -0.15) is 0 Å². The normalized spacial score (nSPS) is 13.2. The summed E-state index contributed by atoms with van der Waals surface area (Å²) in [5.74, 6) is 0. The molecule has 0 radical (unpaired) electrons. The fourth-order valence-corrected chi connectivity index (χ4v) is 3.11. The minimum absolute atomic E-state index is 0.316. The first-order valence-corrected chi connectivity index (χ1v) is 9.83. The highest BCUT2D eigenvalue weighted by atomic mass is 28.4. The van der Waals surface area contributed by atoms with Gasteiger partial charge in [0.2, 0.25) is 0 Å². The Morgan fingerprint density at radius 2 is 1.33 bits per heavy atom. The minimum Gasteiger partial charge on any atom is -0.411 e. The summed E-state index contributed by atoms with van der Waals surface area (Å²) < 4.78 is 4.58. The molecule has 0 amide bonds. The average molecular weight is 254 g/mol. The van der Waals surface area contributed by atoms with Gasteiger partial charge in [-0.3, -0.25) is 0 Å². The molecule has 0 heterocycles. The lowest BCUT2D eigenvalue weighted by Crippen LogP contribution is -2.37. The summed E-state index contributed by atoms with van der Waals surface area (Å²) in [4.78, 5) is 36.7. The van der Waals surface area contributed by atoms with E-state index in [1.54, 1.807) is 0 Å². The molecule has 0 spiro atoms. The molecule has 5 nitrogen and oxygen atoms in total. The molecule has 0 aliphatic rings. The third-order valence-corrected chi connectivity index (χ3v) is 5.19. The molecule has 0 aromatic rings. The molecule has 7 heteroatoms. The summed E-state index contributed by atoms with van der Waals surface area (Å²) >= 11 is 0. The molecule has 0 fully saturated rings. The van der Waals surface area contributed by atoms with Crippen molar-refractivity contribution in [1.29, 1.82) is 0 Å². The van der Waals surface area contributed by atoms with Crippen LogP contribution in [-0.2, 0) is 4.43 Å². The van der Waals surface area contributed by atoms with Gasteiger partial charge in [-0.05, 0) is 19.0 Å². The zero-order chi connectivity index (χ0) is 11.9. The molecular formula is C8H22O5Si2. The second kappa shape index (κ2) is 6.74. The van der Waals surface area contributed by atoms with Crippen LogP contribution in [-0.4, -0.2) is 43.7 Å². The summed E-state index contributed by atoms with van der Waals surface area (Å²) in [5, 5.41) is 0. The molecule has 0 atom stereocenters. The van der Waals surface area contributed by atoms with E-state index < -0.39 is 17.4 Å². The van der Waals surface area contributed by atoms with Gasteiger partial charge in [-0.25, -0.2) is 0 Å². The van der Waals surface area contributed by atoms with Gasteiger partial charge in [-0.15, -0.1) is 0 Å². The van der Waals surface area contributed by atoms with E-state index in [-0.39, 0.29) is 0 Å². The maximum Gasteiger partial charge on any atom is 0.495 e. The molecule has 0 saturated carbocycles. The Morgan fingerprint density at radius 3 is 1.73 bits per heavy atom. The second-order valence-electron chi connectivity index (χ2n) is 4.08. The van der Waals surface area contributed by atoms with Crippen LogP contribution in [0.4, 0.5) is 0 Å². The first-order valence-electron chi connectivity index (χ1n) is 5.21. The Morgan fingerprint density at radius 1 is 0.867 bits per heavy atom. The topological polar surface area (TPSA) is 90.2 Å². The maximum atomic E-state index is 9.21. The number of unbranched alkanes of at least 4 members (excludes halogenated alkanes) is 3.